The van der Waals surface area contributed by atoms with Gasteiger partial charge >= 0.3 is 0 Å². The maximum absolute atomic E-state index is 13.6. The number of ether oxygens (including phenoxy) is 1. The minimum absolute atomic E-state index is 0.427. The van der Waals surface area contributed by atoms with Crippen LogP contribution >= 0.6 is 0 Å². The van der Waals surface area contributed by atoms with Gasteiger partial charge in [0.05, 0.1) is 24.9 Å². The Hall–Kier alpha value is -3.49. The molecule has 2 aromatic rings. The molecule has 0 amide bonds. The molecule has 4 rings (SSSR count). The van der Waals surface area contributed by atoms with E-state index in [1.807, 2.05) is 24.3 Å². The van der Waals surface area contributed by atoms with Crippen LogP contribution in [-0.2, 0) is 6.42 Å². The molecule has 0 aliphatic carbocycles. The third kappa shape index (κ3) is 7.76. The quantitative estimate of drug-likeness (QED) is 0.323. The molecule has 0 N–H and O–H groups in total. The molecule has 2 aliphatic rings. The highest BCUT2D eigenvalue weighted by atomic mass is 19.1. The summed E-state index contributed by atoms with van der Waals surface area (Å²) in [5.41, 5.74) is 2.68. The number of aromatic nitrogens is 1. The molecule has 0 saturated carbocycles. The van der Waals surface area contributed by atoms with Gasteiger partial charge in [0, 0.05) is 57.4 Å². The SMILES string of the molecule is C=CC(F)=CC(=C)N(C)C1=NN(CCc2ccc3ncc(OCCCN4CCN(C)CC4)cc3c2)CC=C1. The van der Waals surface area contributed by atoms with Crippen molar-refractivity contribution in [3.05, 3.63) is 85.0 Å². The number of pyridine rings is 1. The third-order valence-corrected chi connectivity index (χ3v) is 6.96. The molecular formula is C30H39FN6O. The smallest absolute Gasteiger partial charge is 0.152 e. The number of piperazine rings is 1. The summed E-state index contributed by atoms with van der Waals surface area (Å²) >= 11 is 0. The van der Waals surface area contributed by atoms with Crippen LogP contribution in [0.1, 0.15) is 12.0 Å². The topological polar surface area (TPSA) is 47.4 Å². The number of nitrogens with zero attached hydrogens (tertiary/aromatic N) is 6. The Bertz CT molecular complexity index is 1210. The van der Waals surface area contributed by atoms with Crippen molar-refractivity contribution in [1.29, 1.82) is 0 Å². The molecule has 0 atom stereocenters. The molecule has 38 heavy (non-hydrogen) atoms. The molecule has 7 nitrogen and oxygen atoms in total. The first kappa shape index (κ1) is 27.5. The highest BCUT2D eigenvalue weighted by molar-refractivity contribution is 5.94. The number of rotatable bonds is 11. The van der Waals surface area contributed by atoms with Gasteiger partial charge in [-0.3, -0.25) is 9.99 Å². The number of fused-ring (bicyclic) bond motifs is 1. The number of halogens is 1. The summed E-state index contributed by atoms with van der Waals surface area (Å²) in [7, 11) is 4.00. The number of amidine groups is 1. The molecular weight excluding hydrogens is 479 g/mol. The van der Waals surface area contributed by atoms with Crippen molar-refractivity contribution in [1.82, 2.24) is 24.7 Å². The van der Waals surface area contributed by atoms with E-state index >= 15 is 0 Å². The summed E-state index contributed by atoms with van der Waals surface area (Å²) in [5, 5.41) is 7.81. The zero-order valence-electron chi connectivity index (χ0n) is 22.7. The van der Waals surface area contributed by atoms with Crippen LogP contribution in [-0.4, -0.2) is 97.0 Å². The largest absolute Gasteiger partial charge is 0.492 e. The first-order chi connectivity index (χ1) is 18.4. The highest BCUT2D eigenvalue weighted by Gasteiger charge is 2.14. The molecule has 1 aromatic carbocycles. The molecule has 1 saturated heterocycles. The molecule has 202 valence electrons. The van der Waals surface area contributed by atoms with Crippen LogP contribution in [0.2, 0.25) is 0 Å². The number of hydrazone groups is 1. The van der Waals surface area contributed by atoms with Crippen LogP contribution in [0.5, 0.6) is 5.75 Å². The van der Waals surface area contributed by atoms with E-state index in [9.17, 15) is 4.39 Å². The van der Waals surface area contributed by atoms with Crippen molar-refractivity contribution < 1.29 is 9.13 Å². The van der Waals surface area contributed by atoms with Crippen LogP contribution in [0.15, 0.2) is 84.5 Å². The van der Waals surface area contributed by atoms with Crippen LogP contribution in [0.3, 0.4) is 0 Å². The molecule has 0 radical (unpaired) electrons. The van der Waals surface area contributed by atoms with Gasteiger partial charge in [-0.2, -0.15) is 5.10 Å². The van der Waals surface area contributed by atoms with Gasteiger partial charge in [0.15, 0.2) is 5.84 Å². The van der Waals surface area contributed by atoms with E-state index in [4.69, 9.17) is 9.84 Å². The van der Waals surface area contributed by atoms with Gasteiger partial charge in [-0.05, 0) is 61.9 Å². The molecule has 0 spiro atoms. The van der Waals surface area contributed by atoms with Crippen LogP contribution in [0.25, 0.3) is 10.9 Å². The number of hydrogen-bond acceptors (Lipinski definition) is 7. The number of benzene rings is 1. The number of allylic oxidation sites excluding steroid dienone is 3. The predicted molar refractivity (Wildman–Crippen MR) is 154 cm³/mol. The second kappa shape index (κ2) is 13.3. The van der Waals surface area contributed by atoms with Crippen molar-refractivity contribution in [2.45, 2.75) is 12.8 Å². The standard InChI is InChI=1S/C30H39FN6O/c1-5-27(31)20-24(2)35(4)30-8-6-13-37(33-30)14-11-25-9-10-29-26(21-25)22-28(23-32-29)38-19-7-12-36-17-15-34(3)16-18-36/h5-6,8-10,20-23H,1-2,7,11-19H2,3-4H3. The van der Waals surface area contributed by atoms with E-state index in [1.54, 1.807) is 4.90 Å². The minimum Gasteiger partial charge on any atom is -0.492 e. The van der Waals surface area contributed by atoms with Crippen LogP contribution in [0.4, 0.5) is 4.39 Å². The summed E-state index contributed by atoms with van der Waals surface area (Å²) in [6.07, 6.45) is 10.1. The van der Waals surface area contributed by atoms with E-state index in [0.29, 0.717) is 18.1 Å². The van der Waals surface area contributed by atoms with Gasteiger partial charge < -0.3 is 19.4 Å². The Morgan fingerprint density at radius 1 is 1.18 bits per heavy atom. The van der Waals surface area contributed by atoms with Gasteiger partial charge in [-0.15, -0.1) is 0 Å². The first-order valence-electron chi connectivity index (χ1n) is 13.3. The second-order valence-corrected chi connectivity index (χ2v) is 9.85. The second-order valence-electron chi connectivity index (χ2n) is 9.85. The average Bonchev–Trinajstić information content (AvgIpc) is 2.94. The van der Waals surface area contributed by atoms with E-state index in [-0.39, 0.29) is 0 Å². The fraction of sp³-hybridized carbons (Fsp3) is 0.400. The van der Waals surface area contributed by atoms with E-state index in [2.05, 4.69) is 65.3 Å². The lowest BCUT2D eigenvalue weighted by Crippen LogP contribution is -2.44. The first-order valence-corrected chi connectivity index (χ1v) is 13.3. The van der Waals surface area contributed by atoms with Gasteiger partial charge in [-0.1, -0.05) is 25.3 Å². The lowest BCUT2D eigenvalue weighted by molar-refractivity contribution is 0.145. The Morgan fingerprint density at radius 2 is 2.00 bits per heavy atom. The average molecular weight is 519 g/mol. The van der Waals surface area contributed by atoms with Gasteiger partial charge in [0.1, 0.15) is 11.6 Å². The molecule has 0 bridgehead atoms. The molecule has 0 unspecified atom stereocenters. The summed E-state index contributed by atoms with van der Waals surface area (Å²) in [4.78, 5) is 11.2. The Kier molecular flexibility index (Phi) is 9.67. The lowest BCUT2D eigenvalue weighted by atomic mass is 10.1. The summed E-state index contributed by atoms with van der Waals surface area (Å²) in [6.45, 7) is 15.2. The zero-order chi connectivity index (χ0) is 26.9. The number of likely N-dealkylation sites (N-methyl/N-ethyl adjacent to an activating group) is 2. The van der Waals surface area contributed by atoms with Gasteiger partial charge in [0.2, 0.25) is 0 Å². The van der Waals surface area contributed by atoms with Crippen molar-refractivity contribution in [2.75, 3.05) is 66.5 Å². The van der Waals surface area contributed by atoms with Crippen LogP contribution < -0.4 is 4.74 Å². The van der Waals surface area contributed by atoms with Crippen molar-refractivity contribution in [3.63, 3.8) is 0 Å². The fourth-order valence-electron chi connectivity index (χ4n) is 4.48. The molecule has 3 heterocycles. The van der Waals surface area contributed by atoms with Gasteiger partial charge in [-0.25, -0.2) is 4.39 Å². The van der Waals surface area contributed by atoms with Gasteiger partial charge in [0.25, 0.3) is 0 Å². The lowest BCUT2D eigenvalue weighted by Gasteiger charge is -2.32. The van der Waals surface area contributed by atoms with Crippen molar-refractivity contribution >= 4 is 16.7 Å². The maximum atomic E-state index is 13.6. The third-order valence-electron chi connectivity index (χ3n) is 6.96. The molecule has 1 aromatic heterocycles. The summed E-state index contributed by atoms with van der Waals surface area (Å²) in [6, 6.07) is 8.44. The van der Waals surface area contributed by atoms with Crippen molar-refractivity contribution in [3.8, 4) is 5.75 Å². The Labute approximate surface area is 225 Å². The Balaban J connectivity index is 1.29. The highest BCUT2D eigenvalue weighted by Crippen LogP contribution is 2.21. The number of hydrogen-bond donors (Lipinski definition) is 0. The van der Waals surface area contributed by atoms with Crippen LogP contribution in [0, 0.1) is 0 Å². The summed E-state index contributed by atoms with van der Waals surface area (Å²) in [5.74, 6) is 1.10. The minimum atomic E-state index is -0.427. The normalized spacial score (nSPS) is 17.0. The fourth-order valence-corrected chi connectivity index (χ4v) is 4.48. The van der Waals surface area contributed by atoms with E-state index in [0.717, 1.165) is 81.4 Å². The molecule has 1 fully saturated rings. The zero-order valence-corrected chi connectivity index (χ0v) is 22.7. The molecule has 2 aliphatic heterocycles. The van der Waals surface area contributed by atoms with Crippen molar-refractivity contribution in [2.24, 2.45) is 5.10 Å². The van der Waals surface area contributed by atoms with E-state index < -0.39 is 5.83 Å². The molecule has 8 heteroatoms. The van der Waals surface area contributed by atoms with E-state index in [1.165, 1.54) is 11.6 Å². The maximum Gasteiger partial charge on any atom is 0.152 e. The predicted octanol–water partition coefficient (Wildman–Crippen LogP) is 4.46. The Morgan fingerprint density at radius 3 is 2.79 bits per heavy atom. The summed E-state index contributed by atoms with van der Waals surface area (Å²) < 4.78 is 19.6. The monoisotopic (exact) mass is 518 g/mol.